The van der Waals surface area contributed by atoms with Crippen LogP contribution >= 0.6 is 11.6 Å². The average Bonchev–Trinajstić information content (AvgIpc) is 2.51. The maximum Gasteiger partial charge on any atom is 0.312 e. The van der Waals surface area contributed by atoms with Gasteiger partial charge in [-0.1, -0.05) is 11.6 Å². The van der Waals surface area contributed by atoms with Crippen LogP contribution in [0.4, 0.5) is 5.69 Å². The summed E-state index contributed by atoms with van der Waals surface area (Å²) in [5, 5.41) is 11.7. The van der Waals surface area contributed by atoms with Gasteiger partial charge in [0, 0.05) is 11.1 Å². The fraction of sp³-hybridized carbons (Fsp3) is 0.143. The normalized spacial score (nSPS) is 11.3. The molecular weight excluding hydrogens is 344 g/mol. The molecule has 0 saturated carbocycles. The van der Waals surface area contributed by atoms with Crippen LogP contribution < -0.4 is 9.46 Å². The standard InChI is InChI=1S/C14H13ClN2O5S/c1-9-7-10(3-5-12(9)15)22-14-6-4-11(23(20,21)16-2)8-13(14)17(18)19/h3-8,16H,1-2H3. The maximum atomic E-state index is 11.7. The molecule has 7 nitrogen and oxygen atoms in total. The minimum atomic E-state index is -3.78. The van der Waals surface area contributed by atoms with Gasteiger partial charge in [-0.05, 0) is 49.9 Å². The Morgan fingerprint density at radius 2 is 1.91 bits per heavy atom. The Balaban J connectivity index is 2.46. The van der Waals surface area contributed by atoms with Gasteiger partial charge in [0.2, 0.25) is 15.8 Å². The molecule has 0 aliphatic carbocycles. The summed E-state index contributed by atoms with van der Waals surface area (Å²) >= 11 is 5.91. The minimum Gasteiger partial charge on any atom is -0.450 e. The summed E-state index contributed by atoms with van der Waals surface area (Å²) in [6, 6.07) is 8.23. The zero-order valence-electron chi connectivity index (χ0n) is 12.2. The smallest absolute Gasteiger partial charge is 0.312 e. The number of halogens is 1. The van der Waals surface area contributed by atoms with Crippen molar-refractivity contribution in [2.75, 3.05) is 7.05 Å². The van der Waals surface area contributed by atoms with Crippen LogP contribution in [0.25, 0.3) is 0 Å². The van der Waals surface area contributed by atoms with Crippen molar-refractivity contribution in [3.8, 4) is 11.5 Å². The number of nitrogens with zero attached hydrogens (tertiary/aromatic N) is 1. The Hall–Kier alpha value is -2.16. The fourth-order valence-electron chi connectivity index (χ4n) is 1.82. The largest absolute Gasteiger partial charge is 0.450 e. The molecule has 0 aliphatic heterocycles. The van der Waals surface area contributed by atoms with Crippen molar-refractivity contribution in [1.29, 1.82) is 0 Å². The zero-order chi connectivity index (χ0) is 17.2. The molecule has 0 fully saturated rings. The molecule has 0 amide bonds. The van der Waals surface area contributed by atoms with E-state index in [-0.39, 0.29) is 10.6 Å². The molecule has 0 saturated heterocycles. The lowest BCUT2D eigenvalue weighted by Crippen LogP contribution is -2.18. The van der Waals surface area contributed by atoms with Gasteiger partial charge in [0.1, 0.15) is 5.75 Å². The van der Waals surface area contributed by atoms with E-state index in [1.54, 1.807) is 25.1 Å². The molecule has 0 bridgehead atoms. The number of ether oxygens (including phenoxy) is 1. The molecular formula is C14H13ClN2O5S. The molecule has 1 N–H and O–H groups in total. The number of nitro benzene ring substituents is 1. The van der Waals surface area contributed by atoms with Crippen LogP contribution in [0.5, 0.6) is 11.5 Å². The number of sulfonamides is 1. The summed E-state index contributed by atoms with van der Waals surface area (Å²) in [5.41, 5.74) is 0.301. The summed E-state index contributed by atoms with van der Waals surface area (Å²) in [6.07, 6.45) is 0. The van der Waals surface area contributed by atoms with Crippen LogP contribution in [0.1, 0.15) is 5.56 Å². The molecule has 122 valence electrons. The van der Waals surface area contributed by atoms with Gasteiger partial charge in [0.05, 0.1) is 9.82 Å². The van der Waals surface area contributed by atoms with Gasteiger partial charge in [-0.15, -0.1) is 0 Å². The number of hydrogen-bond donors (Lipinski definition) is 1. The third kappa shape index (κ3) is 3.79. The van der Waals surface area contributed by atoms with Gasteiger partial charge in [-0.2, -0.15) is 0 Å². The average molecular weight is 357 g/mol. The van der Waals surface area contributed by atoms with Crippen molar-refractivity contribution in [3.05, 3.63) is 57.1 Å². The van der Waals surface area contributed by atoms with Crippen LogP contribution in [0.15, 0.2) is 41.3 Å². The number of aryl methyl sites for hydroxylation is 1. The minimum absolute atomic E-state index is 0.0632. The Labute approximate surface area is 138 Å². The van der Waals surface area contributed by atoms with E-state index in [1.807, 2.05) is 0 Å². The third-order valence-electron chi connectivity index (χ3n) is 3.06. The molecule has 2 aromatic rings. The monoisotopic (exact) mass is 356 g/mol. The number of hydrogen-bond acceptors (Lipinski definition) is 5. The van der Waals surface area contributed by atoms with E-state index in [2.05, 4.69) is 4.72 Å². The molecule has 0 unspecified atom stereocenters. The molecule has 9 heteroatoms. The van der Waals surface area contributed by atoms with Gasteiger partial charge in [0.25, 0.3) is 0 Å². The quantitative estimate of drug-likeness (QED) is 0.654. The summed E-state index contributed by atoms with van der Waals surface area (Å²) in [6.45, 7) is 1.77. The first-order chi connectivity index (χ1) is 10.7. The van der Waals surface area contributed by atoms with Crippen molar-refractivity contribution in [1.82, 2.24) is 4.72 Å². The Bertz CT molecular complexity index is 867. The first-order valence-electron chi connectivity index (χ1n) is 6.40. The Kier molecular flexibility index (Phi) is 4.88. The first-order valence-corrected chi connectivity index (χ1v) is 8.26. The molecule has 0 heterocycles. The topological polar surface area (TPSA) is 98.5 Å². The van der Waals surface area contributed by atoms with Gasteiger partial charge in [0.15, 0.2) is 0 Å². The van der Waals surface area contributed by atoms with Crippen LogP contribution in [0, 0.1) is 17.0 Å². The van der Waals surface area contributed by atoms with Gasteiger partial charge in [-0.25, -0.2) is 13.1 Å². The number of nitro groups is 1. The molecule has 2 rings (SSSR count). The molecule has 0 aromatic heterocycles. The second-order valence-corrected chi connectivity index (χ2v) is 6.90. The van der Waals surface area contributed by atoms with Gasteiger partial charge >= 0.3 is 5.69 Å². The zero-order valence-corrected chi connectivity index (χ0v) is 13.8. The molecule has 0 aliphatic rings. The molecule has 23 heavy (non-hydrogen) atoms. The SMILES string of the molecule is CNS(=O)(=O)c1ccc(Oc2ccc(Cl)c(C)c2)c([N+](=O)[O-])c1. The van der Waals surface area contributed by atoms with Crippen LogP contribution in [0.2, 0.25) is 5.02 Å². The summed E-state index contributed by atoms with van der Waals surface area (Å²) in [5.74, 6) is 0.297. The molecule has 0 atom stereocenters. The van der Waals surface area contributed by atoms with Crippen LogP contribution in [0.3, 0.4) is 0 Å². The number of nitrogens with one attached hydrogen (secondary N) is 1. The van der Waals surface area contributed by atoms with E-state index in [1.165, 1.54) is 19.2 Å². The van der Waals surface area contributed by atoms with Crippen LogP contribution in [-0.4, -0.2) is 20.4 Å². The van der Waals surface area contributed by atoms with Crippen molar-refractivity contribution in [2.24, 2.45) is 0 Å². The van der Waals surface area contributed by atoms with E-state index in [4.69, 9.17) is 16.3 Å². The fourth-order valence-corrected chi connectivity index (χ4v) is 2.69. The Morgan fingerprint density at radius 3 is 2.48 bits per heavy atom. The summed E-state index contributed by atoms with van der Waals surface area (Å²) in [4.78, 5) is 10.3. The Morgan fingerprint density at radius 1 is 1.22 bits per heavy atom. The molecule has 2 aromatic carbocycles. The summed E-state index contributed by atoms with van der Waals surface area (Å²) < 4.78 is 31.1. The highest BCUT2D eigenvalue weighted by Crippen LogP contribution is 2.34. The first kappa shape index (κ1) is 17.2. The molecule has 0 radical (unpaired) electrons. The highest BCUT2D eigenvalue weighted by Gasteiger charge is 2.22. The lowest BCUT2D eigenvalue weighted by molar-refractivity contribution is -0.385. The third-order valence-corrected chi connectivity index (χ3v) is 4.90. The number of benzene rings is 2. The second kappa shape index (κ2) is 6.53. The lowest BCUT2D eigenvalue weighted by Gasteiger charge is -2.09. The molecule has 0 spiro atoms. The van der Waals surface area contributed by atoms with Crippen molar-refractivity contribution in [2.45, 2.75) is 11.8 Å². The predicted molar refractivity (Wildman–Crippen MR) is 85.6 cm³/mol. The van der Waals surface area contributed by atoms with E-state index in [0.29, 0.717) is 10.8 Å². The van der Waals surface area contributed by atoms with E-state index >= 15 is 0 Å². The van der Waals surface area contributed by atoms with E-state index < -0.39 is 20.6 Å². The predicted octanol–water partition coefficient (Wildman–Crippen LogP) is 3.26. The van der Waals surface area contributed by atoms with Gasteiger partial charge < -0.3 is 4.74 Å². The van der Waals surface area contributed by atoms with Crippen molar-refractivity contribution in [3.63, 3.8) is 0 Å². The van der Waals surface area contributed by atoms with E-state index in [0.717, 1.165) is 11.6 Å². The van der Waals surface area contributed by atoms with Crippen molar-refractivity contribution < 1.29 is 18.1 Å². The van der Waals surface area contributed by atoms with E-state index in [9.17, 15) is 18.5 Å². The van der Waals surface area contributed by atoms with Crippen LogP contribution in [-0.2, 0) is 10.0 Å². The maximum absolute atomic E-state index is 11.7. The number of rotatable bonds is 5. The summed E-state index contributed by atoms with van der Waals surface area (Å²) in [7, 11) is -2.56. The highest BCUT2D eigenvalue weighted by molar-refractivity contribution is 7.89. The highest BCUT2D eigenvalue weighted by atomic mass is 35.5. The van der Waals surface area contributed by atoms with Crippen molar-refractivity contribution >= 4 is 27.3 Å². The van der Waals surface area contributed by atoms with Gasteiger partial charge in [-0.3, -0.25) is 10.1 Å². The lowest BCUT2D eigenvalue weighted by atomic mass is 10.2. The second-order valence-electron chi connectivity index (χ2n) is 4.61.